The third kappa shape index (κ3) is 5.35. The maximum atomic E-state index is 6.32. The fourth-order valence-corrected chi connectivity index (χ4v) is 5.35. The molecule has 1 nitrogen and oxygen atoms in total. The quantitative estimate of drug-likeness (QED) is 0.488. The zero-order valence-corrected chi connectivity index (χ0v) is 16.2. The van der Waals surface area contributed by atoms with Gasteiger partial charge in [-0.25, -0.2) is 0 Å². The summed E-state index contributed by atoms with van der Waals surface area (Å²) in [5, 5.41) is 0. The Morgan fingerprint density at radius 1 is 0.833 bits per heavy atom. The van der Waals surface area contributed by atoms with Crippen molar-refractivity contribution in [2.24, 2.45) is 29.6 Å². The van der Waals surface area contributed by atoms with Gasteiger partial charge in [0.25, 0.3) is 0 Å². The second-order valence-electron chi connectivity index (χ2n) is 9.17. The van der Waals surface area contributed by atoms with Gasteiger partial charge in [0.2, 0.25) is 0 Å². The third-order valence-electron chi connectivity index (χ3n) is 7.19. The lowest BCUT2D eigenvalue weighted by atomic mass is 9.73. The minimum absolute atomic E-state index is 0.570. The van der Waals surface area contributed by atoms with Crippen LogP contribution in [0.4, 0.5) is 0 Å². The smallest absolute Gasteiger partial charge is 0.0575 e. The average Bonchev–Trinajstić information content (AvgIpc) is 2.63. The molecule has 138 valence electrons. The normalized spacial score (nSPS) is 40.6. The lowest BCUT2D eigenvalue weighted by Gasteiger charge is -2.35. The molecule has 0 aromatic rings. The molecule has 2 unspecified atom stereocenters. The molecule has 3 aliphatic carbocycles. The van der Waals surface area contributed by atoms with E-state index < -0.39 is 0 Å². The van der Waals surface area contributed by atoms with Crippen LogP contribution in [-0.2, 0) is 4.74 Å². The fourth-order valence-electron chi connectivity index (χ4n) is 5.35. The van der Waals surface area contributed by atoms with Gasteiger partial charge < -0.3 is 4.74 Å². The molecular weight excluding hydrogens is 292 g/mol. The Bertz CT molecular complexity index is 371. The Hall–Kier alpha value is -0.300. The zero-order valence-electron chi connectivity index (χ0n) is 16.2. The highest BCUT2D eigenvalue weighted by Crippen LogP contribution is 2.38. The predicted molar refractivity (Wildman–Crippen MR) is 103 cm³/mol. The van der Waals surface area contributed by atoms with Gasteiger partial charge in [-0.05, 0) is 87.4 Å². The molecule has 0 spiro atoms. The van der Waals surface area contributed by atoms with E-state index in [0.29, 0.717) is 6.10 Å². The van der Waals surface area contributed by atoms with Crippen molar-refractivity contribution in [3.8, 4) is 0 Å². The summed E-state index contributed by atoms with van der Waals surface area (Å²) in [4.78, 5) is 0. The third-order valence-corrected chi connectivity index (χ3v) is 7.19. The molecule has 3 aliphatic rings. The summed E-state index contributed by atoms with van der Waals surface area (Å²) >= 11 is 0. The molecule has 2 saturated carbocycles. The molecular formula is C23H40O. The van der Waals surface area contributed by atoms with E-state index in [1.807, 2.05) is 0 Å². The van der Waals surface area contributed by atoms with E-state index >= 15 is 0 Å². The van der Waals surface area contributed by atoms with E-state index in [2.05, 4.69) is 26.0 Å². The number of hydrogen-bond acceptors (Lipinski definition) is 1. The molecule has 0 aromatic heterocycles. The predicted octanol–water partition coefficient (Wildman–Crippen LogP) is 6.77. The van der Waals surface area contributed by atoms with Crippen LogP contribution < -0.4 is 0 Å². The van der Waals surface area contributed by atoms with Gasteiger partial charge in [-0.15, -0.1) is 0 Å². The maximum absolute atomic E-state index is 6.32. The molecule has 0 radical (unpaired) electrons. The Morgan fingerprint density at radius 2 is 1.58 bits per heavy atom. The van der Waals surface area contributed by atoms with Gasteiger partial charge in [0.1, 0.15) is 0 Å². The maximum Gasteiger partial charge on any atom is 0.0575 e. The van der Waals surface area contributed by atoms with Crippen LogP contribution in [0, 0.1) is 29.6 Å². The van der Waals surface area contributed by atoms with Crippen molar-refractivity contribution in [2.75, 3.05) is 6.61 Å². The van der Waals surface area contributed by atoms with Gasteiger partial charge in [0, 0.05) is 6.61 Å². The number of ether oxygens (including phenoxy) is 1. The van der Waals surface area contributed by atoms with Crippen LogP contribution in [-0.4, -0.2) is 12.7 Å². The Morgan fingerprint density at radius 3 is 2.21 bits per heavy atom. The van der Waals surface area contributed by atoms with Gasteiger partial charge in [0.15, 0.2) is 0 Å². The molecule has 0 amide bonds. The summed E-state index contributed by atoms with van der Waals surface area (Å²) in [5.41, 5.74) is 0. The minimum atomic E-state index is 0.570. The van der Waals surface area contributed by atoms with Gasteiger partial charge in [-0.3, -0.25) is 0 Å². The van der Waals surface area contributed by atoms with E-state index in [1.54, 1.807) is 0 Å². The summed E-state index contributed by atoms with van der Waals surface area (Å²) < 4.78 is 6.32. The van der Waals surface area contributed by atoms with Crippen molar-refractivity contribution in [3.63, 3.8) is 0 Å². The summed E-state index contributed by atoms with van der Waals surface area (Å²) in [6.07, 6.45) is 22.4. The van der Waals surface area contributed by atoms with Gasteiger partial charge in [-0.1, -0.05) is 45.3 Å². The van der Waals surface area contributed by atoms with Gasteiger partial charge in [0.05, 0.1) is 6.10 Å². The lowest BCUT2D eigenvalue weighted by Crippen LogP contribution is -2.28. The van der Waals surface area contributed by atoms with Crippen molar-refractivity contribution < 1.29 is 4.74 Å². The first-order chi connectivity index (χ1) is 11.7. The molecule has 2 fully saturated rings. The molecule has 24 heavy (non-hydrogen) atoms. The molecule has 1 heteroatoms. The molecule has 0 N–H and O–H groups in total. The Balaban J connectivity index is 1.33. The topological polar surface area (TPSA) is 9.23 Å². The molecule has 0 aromatic carbocycles. The first kappa shape index (κ1) is 18.5. The van der Waals surface area contributed by atoms with Crippen LogP contribution in [0.25, 0.3) is 0 Å². The van der Waals surface area contributed by atoms with E-state index in [9.17, 15) is 0 Å². The molecule has 0 heterocycles. The highest BCUT2D eigenvalue weighted by Gasteiger charge is 2.29. The van der Waals surface area contributed by atoms with E-state index in [-0.39, 0.29) is 0 Å². The Labute approximate surface area is 150 Å². The Kier molecular flexibility index (Phi) is 7.25. The number of allylic oxidation sites excluding steroid dienone is 2. The van der Waals surface area contributed by atoms with Crippen molar-refractivity contribution in [1.82, 2.24) is 0 Å². The summed E-state index contributed by atoms with van der Waals surface area (Å²) in [7, 11) is 0. The summed E-state index contributed by atoms with van der Waals surface area (Å²) in [6.45, 7) is 5.77. The van der Waals surface area contributed by atoms with Crippen LogP contribution in [0.1, 0.15) is 90.9 Å². The summed E-state index contributed by atoms with van der Waals surface area (Å²) in [5.74, 6) is 4.51. The van der Waals surface area contributed by atoms with Crippen LogP contribution in [0.3, 0.4) is 0 Å². The second-order valence-corrected chi connectivity index (χ2v) is 9.17. The molecule has 2 atom stereocenters. The van der Waals surface area contributed by atoms with Crippen molar-refractivity contribution in [1.29, 1.82) is 0 Å². The van der Waals surface area contributed by atoms with Crippen molar-refractivity contribution >= 4 is 0 Å². The molecule has 3 rings (SSSR count). The highest BCUT2D eigenvalue weighted by atomic mass is 16.5. The summed E-state index contributed by atoms with van der Waals surface area (Å²) in [6, 6.07) is 0. The fraction of sp³-hybridized carbons (Fsp3) is 0.913. The largest absolute Gasteiger partial charge is 0.378 e. The molecule has 0 saturated heterocycles. The van der Waals surface area contributed by atoms with E-state index in [1.165, 1.54) is 77.0 Å². The average molecular weight is 333 g/mol. The SMILES string of the molecule is CCCC1C=CC(C2CCC(OCC3CCC(C)CC3)CC2)CC1. The monoisotopic (exact) mass is 332 g/mol. The first-order valence-electron chi connectivity index (χ1n) is 11.0. The van der Waals surface area contributed by atoms with Crippen LogP contribution in [0.2, 0.25) is 0 Å². The number of rotatable bonds is 6. The minimum Gasteiger partial charge on any atom is -0.378 e. The highest BCUT2D eigenvalue weighted by molar-refractivity contribution is 5.00. The van der Waals surface area contributed by atoms with Crippen molar-refractivity contribution in [3.05, 3.63) is 12.2 Å². The van der Waals surface area contributed by atoms with Gasteiger partial charge in [-0.2, -0.15) is 0 Å². The van der Waals surface area contributed by atoms with Gasteiger partial charge >= 0.3 is 0 Å². The zero-order chi connectivity index (χ0) is 16.8. The van der Waals surface area contributed by atoms with Crippen molar-refractivity contribution in [2.45, 2.75) is 97.0 Å². The first-order valence-corrected chi connectivity index (χ1v) is 11.0. The lowest BCUT2D eigenvalue weighted by molar-refractivity contribution is -0.0128. The van der Waals surface area contributed by atoms with Crippen LogP contribution in [0.5, 0.6) is 0 Å². The van der Waals surface area contributed by atoms with E-state index in [0.717, 1.165) is 36.2 Å². The molecule has 0 aliphatic heterocycles. The number of hydrogen-bond donors (Lipinski definition) is 0. The standard InChI is InChI=1S/C23H40O/c1-3-4-19-9-11-21(12-10-19)22-13-15-23(16-14-22)24-17-20-7-5-18(2)6-8-20/h9,11,18-23H,3-8,10,12-17H2,1-2H3. The van der Waals surface area contributed by atoms with Crippen LogP contribution >= 0.6 is 0 Å². The second kappa shape index (κ2) is 9.41. The van der Waals surface area contributed by atoms with Crippen LogP contribution in [0.15, 0.2) is 12.2 Å². The molecule has 0 bridgehead atoms. The van der Waals surface area contributed by atoms with E-state index in [4.69, 9.17) is 4.74 Å².